The number of rotatable bonds is 60. The number of likely N-dealkylation sites (N-methyl/N-ethyl adjacent to an activating group) is 1. The molecular weight excluding hydrogens is 1040 g/mol. The standard InChI is InChI=1S/C75H123NO8/c1-6-8-10-12-14-16-18-20-22-24-26-27-28-29-30-31-32-33-34-35-36-37-38-39-40-41-42-43-44-45-46-47-48-50-52-54-56-58-60-62-64-66-73(78)84-71(70-83-75(74(79)80)81-68-67-76(3,4)5)69-82-72(77)65-63-61-59-57-55-53-51-49-25-23-21-19-17-15-13-11-9-7-2/h8,10,14,16,20,22,26-27,29-30,32-33,35-36,38-39,41-42,44-45,47-48,52,54,71,75H,6-7,9,11-13,15,17-19,21,23-25,28,31,34,37,40,43,46,49-51,53,55-70H2,1-5H3/p+1/b10-8-,16-14-,22-20-,27-26-,30-29-,33-32-,36-35-,39-38-,42-41-,45-44-,48-47-,54-52-. The zero-order valence-corrected chi connectivity index (χ0v) is 54.3. The summed E-state index contributed by atoms with van der Waals surface area (Å²) in [7, 11) is 5.96. The fourth-order valence-electron chi connectivity index (χ4n) is 8.76. The van der Waals surface area contributed by atoms with Gasteiger partial charge in [-0.05, 0) is 103 Å². The third-order valence-corrected chi connectivity index (χ3v) is 13.9. The van der Waals surface area contributed by atoms with Crippen LogP contribution in [0.15, 0.2) is 146 Å². The van der Waals surface area contributed by atoms with Gasteiger partial charge in [0.1, 0.15) is 13.2 Å². The number of allylic oxidation sites excluding steroid dienone is 24. The largest absolute Gasteiger partial charge is 0.477 e. The van der Waals surface area contributed by atoms with Gasteiger partial charge in [-0.3, -0.25) is 9.59 Å². The second kappa shape index (κ2) is 64.2. The third-order valence-electron chi connectivity index (χ3n) is 13.9. The molecule has 9 heteroatoms. The van der Waals surface area contributed by atoms with E-state index in [0.717, 1.165) is 122 Å². The molecule has 0 aliphatic rings. The molecule has 476 valence electrons. The first-order valence-corrected chi connectivity index (χ1v) is 33.5. The van der Waals surface area contributed by atoms with Crippen LogP contribution in [0.1, 0.15) is 251 Å². The Balaban J connectivity index is 4.23. The predicted molar refractivity (Wildman–Crippen MR) is 359 cm³/mol. The number of nitrogens with zero attached hydrogens (tertiary/aromatic N) is 1. The van der Waals surface area contributed by atoms with E-state index in [9.17, 15) is 19.5 Å². The lowest BCUT2D eigenvalue weighted by Crippen LogP contribution is -2.40. The summed E-state index contributed by atoms with van der Waals surface area (Å²) >= 11 is 0. The van der Waals surface area contributed by atoms with E-state index < -0.39 is 24.3 Å². The topological polar surface area (TPSA) is 108 Å². The highest BCUT2D eigenvalue weighted by Gasteiger charge is 2.25. The van der Waals surface area contributed by atoms with Crippen LogP contribution in [0, 0.1) is 0 Å². The average molecular weight is 1170 g/mol. The SMILES string of the molecule is CC/C=C\C/C=C\C/C=C\C/C=C\C/C=C\C/C=C\C/C=C\C/C=C\C/C=C\C/C=C\C/C=C\C/C=C\CCCCCCC(=O)OC(COC(=O)CCCCCCCCCCCCCCCCCCCC)COC(OCC[N+](C)(C)C)C(=O)O. The van der Waals surface area contributed by atoms with E-state index >= 15 is 0 Å². The second-order valence-corrected chi connectivity index (χ2v) is 23.1. The van der Waals surface area contributed by atoms with Crippen molar-refractivity contribution in [3.8, 4) is 0 Å². The van der Waals surface area contributed by atoms with Crippen LogP contribution < -0.4 is 0 Å². The maximum atomic E-state index is 12.9. The maximum Gasteiger partial charge on any atom is 0.361 e. The van der Waals surface area contributed by atoms with Gasteiger partial charge >= 0.3 is 17.9 Å². The minimum atomic E-state index is -1.52. The molecule has 0 bridgehead atoms. The molecule has 84 heavy (non-hydrogen) atoms. The number of esters is 2. The highest BCUT2D eigenvalue weighted by Crippen LogP contribution is 2.16. The molecule has 0 saturated carbocycles. The van der Waals surface area contributed by atoms with Gasteiger partial charge in [-0.15, -0.1) is 0 Å². The molecule has 0 spiro atoms. The molecule has 0 rings (SSSR count). The van der Waals surface area contributed by atoms with Gasteiger partial charge < -0.3 is 28.5 Å². The molecule has 1 N–H and O–H groups in total. The first kappa shape index (κ1) is 79.2. The van der Waals surface area contributed by atoms with E-state index in [1.54, 1.807) is 0 Å². The fourth-order valence-corrected chi connectivity index (χ4v) is 8.76. The lowest BCUT2D eigenvalue weighted by Gasteiger charge is -2.25. The summed E-state index contributed by atoms with van der Waals surface area (Å²) < 4.78 is 22.9. The lowest BCUT2D eigenvalue weighted by molar-refractivity contribution is -0.870. The van der Waals surface area contributed by atoms with Crippen molar-refractivity contribution in [3.05, 3.63) is 146 Å². The van der Waals surface area contributed by atoms with E-state index in [4.69, 9.17) is 18.9 Å². The first-order valence-electron chi connectivity index (χ1n) is 33.5. The van der Waals surface area contributed by atoms with Crippen LogP contribution in [0.2, 0.25) is 0 Å². The molecule has 0 aromatic rings. The summed E-state index contributed by atoms with van der Waals surface area (Å²) in [6, 6.07) is 0. The lowest BCUT2D eigenvalue weighted by atomic mass is 10.0. The highest BCUT2D eigenvalue weighted by molar-refractivity contribution is 5.71. The van der Waals surface area contributed by atoms with Crippen LogP contribution >= 0.6 is 0 Å². The van der Waals surface area contributed by atoms with Gasteiger partial charge in [0, 0.05) is 12.8 Å². The van der Waals surface area contributed by atoms with Crippen molar-refractivity contribution >= 4 is 17.9 Å². The number of hydrogen-bond acceptors (Lipinski definition) is 7. The van der Waals surface area contributed by atoms with E-state index in [0.29, 0.717) is 23.9 Å². The van der Waals surface area contributed by atoms with Crippen LogP contribution in [-0.4, -0.2) is 87.4 Å². The van der Waals surface area contributed by atoms with Crippen molar-refractivity contribution in [3.63, 3.8) is 0 Å². The van der Waals surface area contributed by atoms with Crippen molar-refractivity contribution in [1.82, 2.24) is 0 Å². The number of hydrogen-bond donors (Lipinski definition) is 1. The van der Waals surface area contributed by atoms with Gasteiger partial charge in [0.25, 0.3) is 6.29 Å². The van der Waals surface area contributed by atoms with Crippen LogP contribution in [0.5, 0.6) is 0 Å². The molecule has 0 aliphatic carbocycles. The van der Waals surface area contributed by atoms with Crippen molar-refractivity contribution in [2.45, 2.75) is 264 Å². The second-order valence-electron chi connectivity index (χ2n) is 23.1. The Morgan fingerprint density at radius 3 is 1.01 bits per heavy atom. The number of carbonyl (C=O) groups excluding carboxylic acids is 2. The van der Waals surface area contributed by atoms with E-state index in [1.165, 1.54) is 96.3 Å². The number of aliphatic carboxylic acids is 1. The van der Waals surface area contributed by atoms with Crippen molar-refractivity contribution in [1.29, 1.82) is 0 Å². The number of unbranched alkanes of at least 4 members (excludes halogenated alkanes) is 21. The molecule has 0 aromatic heterocycles. The Bertz CT molecular complexity index is 1890. The zero-order chi connectivity index (χ0) is 61.2. The quantitative estimate of drug-likeness (QED) is 0.0211. The van der Waals surface area contributed by atoms with Gasteiger partial charge in [-0.1, -0.05) is 282 Å². The highest BCUT2D eigenvalue weighted by atomic mass is 16.7. The van der Waals surface area contributed by atoms with Gasteiger partial charge in [0.15, 0.2) is 6.10 Å². The Morgan fingerprint density at radius 2 is 0.679 bits per heavy atom. The number of quaternary nitrogens is 1. The van der Waals surface area contributed by atoms with E-state index in [2.05, 4.69) is 160 Å². The maximum absolute atomic E-state index is 12.9. The van der Waals surface area contributed by atoms with E-state index in [1.807, 2.05) is 21.1 Å². The molecule has 0 radical (unpaired) electrons. The molecule has 2 atom stereocenters. The molecule has 0 saturated heterocycles. The summed E-state index contributed by atoms with van der Waals surface area (Å²) in [6.45, 7) is 4.74. The molecule has 0 fully saturated rings. The van der Waals surface area contributed by atoms with Crippen molar-refractivity contribution in [2.75, 3.05) is 47.5 Å². The number of ether oxygens (including phenoxy) is 4. The summed E-state index contributed by atoms with van der Waals surface area (Å²) in [5.41, 5.74) is 0. The first-order chi connectivity index (χ1) is 41.1. The summed E-state index contributed by atoms with van der Waals surface area (Å²) in [4.78, 5) is 37.5. The fraction of sp³-hybridized carbons (Fsp3) is 0.640. The monoisotopic (exact) mass is 1170 g/mol. The minimum absolute atomic E-state index is 0.176. The van der Waals surface area contributed by atoms with Crippen LogP contribution in [0.3, 0.4) is 0 Å². The minimum Gasteiger partial charge on any atom is -0.477 e. The molecule has 9 nitrogen and oxygen atoms in total. The molecule has 0 aromatic carbocycles. The Labute approximate surface area is 515 Å². The Kier molecular flexibility index (Phi) is 60.5. The van der Waals surface area contributed by atoms with Crippen molar-refractivity contribution < 1.29 is 42.9 Å². The zero-order valence-electron chi connectivity index (χ0n) is 54.3. The molecular formula is C75H124NO8+. The summed E-state index contributed by atoms with van der Waals surface area (Å²) in [5, 5.41) is 9.72. The Morgan fingerprint density at radius 1 is 0.369 bits per heavy atom. The molecule has 0 heterocycles. The summed E-state index contributed by atoms with van der Waals surface area (Å²) in [5.74, 6) is -2.05. The number of carboxylic acid groups (broad SMARTS) is 1. The van der Waals surface area contributed by atoms with Gasteiger partial charge in [-0.2, -0.15) is 0 Å². The number of carboxylic acids is 1. The third kappa shape index (κ3) is 64.7. The molecule has 0 aliphatic heterocycles. The van der Waals surface area contributed by atoms with Crippen LogP contribution in [0.4, 0.5) is 0 Å². The van der Waals surface area contributed by atoms with Crippen molar-refractivity contribution in [2.24, 2.45) is 0 Å². The molecule has 0 amide bonds. The average Bonchev–Trinajstić information content (AvgIpc) is 3.52. The van der Waals surface area contributed by atoms with Gasteiger partial charge in [0.2, 0.25) is 0 Å². The predicted octanol–water partition coefficient (Wildman–Crippen LogP) is 20.7. The Hall–Kier alpha value is -4.83. The van der Waals surface area contributed by atoms with Crippen LogP contribution in [0.25, 0.3) is 0 Å². The number of carbonyl (C=O) groups is 3. The smallest absolute Gasteiger partial charge is 0.361 e. The van der Waals surface area contributed by atoms with E-state index in [-0.39, 0.29) is 32.2 Å². The summed E-state index contributed by atoms with van der Waals surface area (Å²) in [6.07, 6.45) is 90.9. The van der Waals surface area contributed by atoms with Crippen LogP contribution in [-0.2, 0) is 33.3 Å². The normalized spacial score (nSPS) is 13.7. The van der Waals surface area contributed by atoms with Gasteiger partial charge in [-0.25, -0.2) is 4.79 Å². The van der Waals surface area contributed by atoms with Gasteiger partial charge in [0.05, 0.1) is 34.4 Å². The molecule has 2 unspecified atom stereocenters.